The topological polar surface area (TPSA) is 77.3 Å². The standard InChI is InChI=1S/C21H29N3O4.HI/c1-15(2)13-23-21(22-9-8-17-7-6-10-28-17)24-14-16-11-18(25-3)20(27-5)19(12-16)26-4;/h6-7,10-12H,1,8-9,13-14H2,2-5H3,(H2,22,23,24);1H. The molecule has 0 aliphatic carbocycles. The van der Waals surface area contributed by atoms with E-state index in [4.69, 9.17) is 18.6 Å². The fourth-order valence-electron chi connectivity index (χ4n) is 2.56. The molecule has 0 saturated heterocycles. The molecule has 8 heteroatoms. The third-order valence-corrected chi connectivity index (χ3v) is 3.95. The van der Waals surface area contributed by atoms with E-state index in [0.29, 0.717) is 42.8 Å². The molecular formula is C21H30IN3O4. The molecule has 1 aromatic heterocycles. The van der Waals surface area contributed by atoms with Crippen LogP contribution in [0.5, 0.6) is 17.2 Å². The van der Waals surface area contributed by atoms with Gasteiger partial charge in [-0.25, -0.2) is 4.99 Å². The summed E-state index contributed by atoms with van der Waals surface area (Å²) >= 11 is 0. The van der Waals surface area contributed by atoms with Crippen molar-refractivity contribution in [3.63, 3.8) is 0 Å². The number of guanidine groups is 1. The second-order valence-electron chi connectivity index (χ2n) is 6.27. The molecule has 2 N–H and O–H groups in total. The Hall–Kier alpha value is -2.36. The summed E-state index contributed by atoms with van der Waals surface area (Å²) in [7, 11) is 4.78. The Morgan fingerprint density at radius 1 is 1.10 bits per heavy atom. The van der Waals surface area contributed by atoms with Crippen molar-refractivity contribution in [1.29, 1.82) is 0 Å². The van der Waals surface area contributed by atoms with E-state index in [1.165, 1.54) is 0 Å². The Kier molecular flexibility index (Phi) is 11.0. The van der Waals surface area contributed by atoms with E-state index < -0.39 is 0 Å². The van der Waals surface area contributed by atoms with Crippen LogP contribution in [0.15, 0.2) is 52.1 Å². The first-order chi connectivity index (χ1) is 13.6. The minimum absolute atomic E-state index is 0. The quantitative estimate of drug-likeness (QED) is 0.217. The first-order valence-electron chi connectivity index (χ1n) is 9.05. The van der Waals surface area contributed by atoms with Crippen LogP contribution in [0, 0.1) is 0 Å². The molecule has 0 saturated carbocycles. The fourth-order valence-corrected chi connectivity index (χ4v) is 2.56. The Bertz CT molecular complexity index is 766. The van der Waals surface area contributed by atoms with E-state index in [0.717, 1.165) is 23.3 Å². The van der Waals surface area contributed by atoms with Crippen LogP contribution in [0.3, 0.4) is 0 Å². The second kappa shape index (κ2) is 13.0. The summed E-state index contributed by atoms with van der Waals surface area (Å²) in [6.45, 7) is 7.68. The van der Waals surface area contributed by atoms with Crippen molar-refractivity contribution in [2.24, 2.45) is 4.99 Å². The lowest BCUT2D eigenvalue weighted by molar-refractivity contribution is 0.324. The maximum atomic E-state index is 5.40. The summed E-state index contributed by atoms with van der Waals surface area (Å²) in [5.41, 5.74) is 1.96. The highest BCUT2D eigenvalue weighted by atomic mass is 127. The number of methoxy groups -OCH3 is 3. The maximum Gasteiger partial charge on any atom is 0.203 e. The molecule has 2 aromatic rings. The van der Waals surface area contributed by atoms with Crippen molar-refractivity contribution in [1.82, 2.24) is 10.6 Å². The molecule has 29 heavy (non-hydrogen) atoms. The number of aliphatic imine (C=N–C) groups is 1. The van der Waals surface area contributed by atoms with Gasteiger partial charge >= 0.3 is 0 Å². The van der Waals surface area contributed by atoms with Crippen molar-refractivity contribution >= 4 is 29.9 Å². The highest BCUT2D eigenvalue weighted by Crippen LogP contribution is 2.38. The first kappa shape index (κ1) is 24.7. The van der Waals surface area contributed by atoms with Crippen LogP contribution in [-0.4, -0.2) is 40.4 Å². The second-order valence-corrected chi connectivity index (χ2v) is 6.27. The average molecular weight is 515 g/mol. The zero-order valence-corrected chi connectivity index (χ0v) is 19.7. The zero-order chi connectivity index (χ0) is 20.4. The van der Waals surface area contributed by atoms with Gasteiger partial charge in [-0.15, -0.1) is 24.0 Å². The lowest BCUT2D eigenvalue weighted by Crippen LogP contribution is -2.39. The third-order valence-electron chi connectivity index (χ3n) is 3.95. The monoisotopic (exact) mass is 515 g/mol. The molecule has 0 unspecified atom stereocenters. The smallest absolute Gasteiger partial charge is 0.203 e. The van der Waals surface area contributed by atoms with Crippen molar-refractivity contribution in [2.75, 3.05) is 34.4 Å². The van der Waals surface area contributed by atoms with Gasteiger partial charge in [-0.1, -0.05) is 12.2 Å². The number of nitrogens with zero attached hydrogens (tertiary/aromatic N) is 1. The van der Waals surface area contributed by atoms with Crippen molar-refractivity contribution in [2.45, 2.75) is 19.9 Å². The van der Waals surface area contributed by atoms with Gasteiger partial charge in [-0.2, -0.15) is 0 Å². The van der Waals surface area contributed by atoms with Gasteiger partial charge in [-0.3, -0.25) is 0 Å². The van der Waals surface area contributed by atoms with Gasteiger partial charge in [0, 0.05) is 19.5 Å². The van der Waals surface area contributed by atoms with Gasteiger partial charge in [0.25, 0.3) is 0 Å². The predicted octanol–water partition coefficient (Wildman–Crippen LogP) is 3.78. The molecule has 0 radical (unpaired) electrons. The van der Waals surface area contributed by atoms with Gasteiger partial charge in [-0.05, 0) is 36.8 Å². The van der Waals surface area contributed by atoms with Crippen LogP contribution < -0.4 is 24.8 Å². The van der Waals surface area contributed by atoms with Gasteiger partial charge in [0.15, 0.2) is 17.5 Å². The number of furan rings is 1. The number of nitrogens with one attached hydrogen (secondary N) is 2. The number of rotatable bonds is 10. The summed E-state index contributed by atoms with van der Waals surface area (Å²) in [4.78, 5) is 4.66. The highest BCUT2D eigenvalue weighted by molar-refractivity contribution is 14.0. The number of hydrogen-bond donors (Lipinski definition) is 2. The largest absolute Gasteiger partial charge is 0.493 e. The number of halogens is 1. The van der Waals surface area contributed by atoms with Gasteiger partial charge in [0.2, 0.25) is 5.75 Å². The molecule has 2 rings (SSSR count). The summed E-state index contributed by atoms with van der Waals surface area (Å²) in [5.74, 6) is 3.40. The minimum atomic E-state index is 0. The SMILES string of the molecule is C=C(C)CNC(=NCc1cc(OC)c(OC)c(OC)c1)NCCc1ccco1.I. The third kappa shape index (κ3) is 7.88. The number of benzene rings is 1. The fraction of sp³-hybridized carbons (Fsp3) is 0.381. The van der Waals surface area contributed by atoms with Crippen LogP contribution in [0.25, 0.3) is 0 Å². The molecular weight excluding hydrogens is 485 g/mol. The van der Waals surface area contributed by atoms with Crippen molar-refractivity contribution < 1.29 is 18.6 Å². The van der Waals surface area contributed by atoms with Crippen molar-refractivity contribution in [3.8, 4) is 17.2 Å². The van der Waals surface area contributed by atoms with E-state index in [-0.39, 0.29) is 24.0 Å². The van der Waals surface area contributed by atoms with Crippen molar-refractivity contribution in [3.05, 3.63) is 54.0 Å². The van der Waals surface area contributed by atoms with E-state index in [1.807, 2.05) is 31.2 Å². The molecule has 1 aromatic carbocycles. The zero-order valence-electron chi connectivity index (χ0n) is 17.4. The molecule has 0 bridgehead atoms. The molecule has 0 fully saturated rings. The first-order valence-corrected chi connectivity index (χ1v) is 9.05. The molecule has 1 heterocycles. The van der Waals surface area contributed by atoms with Gasteiger partial charge in [0.1, 0.15) is 5.76 Å². The summed E-state index contributed by atoms with van der Waals surface area (Å²) in [5, 5.41) is 6.58. The molecule has 7 nitrogen and oxygen atoms in total. The molecule has 0 aliphatic heterocycles. The highest BCUT2D eigenvalue weighted by Gasteiger charge is 2.13. The van der Waals surface area contributed by atoms with Gasteiger partial charge < -0.3 is 29.3 Å². The Morgan fingerprint density at radius 3 is 2.31 bits per heavy atom. The minimum Gasteiger partial charge on any atom is -0.493 e. The van der Waals surface area contributed by atoms with E-state index >= 15 is 0 Å². The lowest BCUT2D eigenvalue weighted by atomic mass is 10.2. The van der Waals surface area contributed by atoms with Gasteiger partial charge in [0.05, 0.1) is 34.1 Å². The molecule has 160 valence electrons. The molecule has 0 aliphatic rings. The normalized spacial score (nSPS) is 10.7. The van der Waals surface area contributed by atoms with Crippen LogP contribution in [0.1, 0.15) is 18.2 Å². The number of ether oxygens (including phenoxy) is 3. The lowest BCUT2D eigenvalue weighted by Gasteiger charge is -2.15. The van der Waals surface area contributed by atoms with E-state index in [2.05, 4.69) is 22.2 Å². The molecule has 0 spiro atoms. The van der Waals surface area contributed by atoms with Crippen LogP contribution in [0.2, 0.25) is 0 Å². The van der Waals surface area contributed by atoms with E-state index in [9.17, 15) is 0 Å². The predicted molar refractivity (Wildman–Crippen MR) is 126 cm³/mol. The van der Waals surface area contributed by atoms with Crippen LogP contribution in [0.4, 0.5) is 0 Å². The Labute approximate surface area is 189 Å². The summed E-state index contributed by atoms with van der Waals surface area (Å²) in [6, 6.07) is 7.62. The summed E-state index contributed by atoms with van der Waals surface area (Å²) in [6.07, 6.45) is 2.44. The Balaban J connectivity index is 0.00000420. The molecule has 0 amide bonds. The van der Waals surface area contributed by atoms with Crippen LogP contribution in [-0.2, 0) is 13.0 Å². The average Bonchev–Trinajstić information content (AvgIpc) is 3.21. The number of hydrogen-bond acceptors (Lipinski definition) is 5. The molecule has 0 atom stereocenters. The Morgan fingerprint density at radius 2 is 1.79 bits per heavy atom. The van der Waals surface area contributed by atoms with E-state index in [1.54, 1.807) is 27.6 Å². The maximum absolute atomic E-state index is 5.40. The van der Waals surface area contributed by atoms with Crippen LogP contribution >= 0.6 is 24.0 Å². The summed E-state index contributed by atoms with van der Waals surface area (Å²) < 4.78 is 21.5.